The van der Waals surface area contributed by atoms with E-state index >= 15 is 0 Å². The molecule has 0 aliphatic rings. The molecule has 0 bridgehead atoms. The van der Waals surface area contributed by atoms with Gasteiger partial charge in [0.25, 0.3) is 0 Å². The van der Waals surface area contributed by atoms with Gasteiger partial charge in [0.05, 0.1) is 14.4 Å². The number of aliphatic carboxylic acids is 1. The van der Waals surface area contributed by atoms with Crippen LogP contribution >= 0.6 is 55.0 Å². The van der Waals surface area contributed by atoms with Crippen molar-refractivity contribution >= 4 is 60.9 Å². The van der Waals surface area contributed by atoms with Gasteiger partial charge < -0.3 is 9.67 Å². The summed E-state index contributed by atoms with van der Waals surface area (Å²) in [6.45, 7) is 4.96. The second-order valence-electron chi connectivity index (χ2n) is 4.73. The average molecular weight is 455 g/mol. The summed E-state index contributed by atoms with van der Waals surface area (Å²) in [6.07, 6.45) is 0. The zero-order chi connectivity index (χ0) is 15.6. The second kappa shape index (κ2) is 7.26. The van der Waals surface area contributed by atoms with Gasteiger partial charge in [0, 0.05) is 11.0 Å². The smallest absolute Gasteiger partial charge is 0.313 e. The van der Waals surface area contributed by atoms with Crippen LogP contribution in [0.25, 0.3) is 10.7 Å². The Morgan fingerprint density at radius 2 is 2.19 bits per heavy atom. The summed E-state index contributed by atoms with van der Waals surface area (Å²) < 4.78 is 3.96. The van der Waals surface area contributed by atoms with E-state index in [1.807, 2.05) is 10.6 Å². The van der Waals surface area contributed by atoms with Gasteiger partial charge in [-0.3, -0.25) is 4.79 Å². The number of carbonyl (C=O) groups is 1. The highest BCUT2D eigenvalue weighted by atomic mass is 79.9. The van der Waals surface area contributed by atoms with Crippen molar-refractivity contribution in [3.8, 4) is 10.7 Å². The molecule has 0 saturated carbocycles. The van der Waals surface area contributed by atoms with Crippen LogP contribution in [0, 0.1) is 5.92 Å². The first-order chi connectivity index (χ1) is 9.88. The number of hydrogen-bond donors (Lipinski definition) is 1. The lowest BCUT2D eigenvalue weighted by Crippen LogP contribution is -2.08. The molecule has 21 heavy (non-hydrogen) atoms. The molecule has 0 spiro atoms. The molecule has 0 fully saturated rings. The first-order valence-corrected chi connectivity index (χ1v) is 9.50. The van der Waals surface area contributed by atoms with Crippen molar-refractivity contribution in [3.05, 3.63) is 14.3 Å². The van der Waals surface area contributed by atoms with Crippen molar-refractivity contribution < 1.29 is 9.90 Å². The molecule has 0 aliphatic heterocycles. The van der Waals surface area contributed by atoms with E-state index in [2.05, 4.69) is 55.9 Å². The number of carboxylic acids is 1. The van der Waals surface area contributed by atoms with Crippen molar-refractivity contribution in [1.82, 2.24) is 14.8 Å². The lowest BCUT2D eigenvalue weighted by Gasteiger charge is -2.11. The normalized spacial score (nSPS) is 11.3. The summed E-state index contributed by atoms with van der Waals surface area (Å²) in [6, 6.07) is 1.99. The molecule has 0 aromatic carbocycles. The number of rotatable bonds is 6. The van der Waals surface area contributed by atoms with Gasteiger partial charge in [-0.05, 0) is 43.8 Å². The largest absolute Gasteiger partial charge is 0.481 e. The maximum absolute atomic E-state index is 10.7. The van der Waals surface area contributed by atoms with Crippen LogP contribution in [0.15, 0.2) is 19.5 Å². The first kappa shape index (κ1) is 17.0. The Bertz CT molecular complexity index is 635. The molecule has 2 aromatic heterocycles. The standard InChI is InChI=1S/C12H13Br2N3O2S2/c1-6(2)4-17-11(8-3-7(13)10(14)21-8)15-16-12(17)20-5-9(18)19/h3,6H,4-5H2,1-2H3,(H,18,19). The van der Waals surface area contributed by atoms with Crippen molar-refractivity contribution in [2.75, 3.05) is 5.75 Å². The van der Waals surface area contributed by atoms with Gasteiger partial charge >= 0.3 is 5.97 Å². The quantitative estimate of drug-likeness (QED) is 0.656. The summed E-state index contributed by atoms with van der Waals surface area (Å²) >= 11 is 9.71. The first-order valence-electron chi connectivity index (χ1n) is 6.11. The van der Waals surface area contributed by atoms with Crippen LogP contribution in [0.1, 0.15) is 13.8 Å². The fourth-order valence-corrected chi connectivity index (χ4v) is 4.39. The Morgan fingerprint density at radius 1 is 1.48 bits per heavy atom. The minimum atomic E-state index is -0.859. The van der Waals surface area contributed by atoms with Gasteiger partial charge in [0.15, 0.2) is 11.0 Å². The Morgan fingerprint density at radius 3 is 2.71 bits per heavy atom. The predicted molar refractivity (Wildman–Crippen MR) is 91.9 cm³/mol. The van der Waals surface area contributed by atoms with E-state index in [0.29, 0.717) is 11.1 Å². The van der Waals surface area contributed by atoms with Crippen LogP contribution in [0.4, 0.5) is 0 Å². The second-order valence-corrected chi connectivity index (χ2v) is 8.89. The number of carboxylic acid groups (broad SMARTS) is 1. The minimum absolute atomic E-state index is 0.0198. The van der Waals surface area contributed by atoms with Crippen LogP contribution in [0.2, 0.25) is 0 Å². The van der Waals surface area contributed by atoms with Crippen molar-refractivity contribution in [2.45, 2.75) is 25.5 Å². The molecular weight excluding hydrogens is 442 g/mol. The van der Waals surface area contributed by atoms with Crippen LogP contribution < -0.4 is 0 Å². The molecule has 0 aliphatic carbocycles. The minimum Gasteiger partial charge on any atom is -0.481 e. The number of halogens is 2. The van der Waals surface area contributed by atoms with Crippen molar-refractivity contribution in [2.24, 2.45) is 5.92 Å². The third-order valence-corrected chi connectivity index (χ3v) is 6.66. The summed E-state index contributed by atoms with van der Waals surface area (Å²) in [7, 11) is 0. The molecule has 2 aromatic rings. The van der Waals surface area contributed by atoms with Crippen LogP contribution in [-0.2, 0) is 11.3 Å². The lowest BCUT2D eigenvalue weighted by atomic mass is 10.2. The molecule has 9 heteroatoms. The highest BCUT2D eigenvalue weighted by Crippen LogP contribution is 2.38. The highest BCUT2D eigenvalue weighted by molar-refractivity contribution is 9.13. The Hall–Kier alpha value is -0.380. The molecule has 0 unspecified atom stereocenters. The van der Waals surface area contributed by atoms with Crippen LogP contribution in [0.5, 0.6) is 0 Å². The van der Waals surface area contributed by atoms with Crippen molar-refractivity contribution in [1.29, 1.82) is 0 Å². The maximum Gasteiger partial charge on any atom is 0.313 e. The number of thiophene rings is 1. The summed E-state index contributed by atoms with van der Waals surface area (Å²) in [5, 5.41) is 17.8. The van der Waals surface area contributed by atoms with E-state index < -0.39 is 5.97 Å². The van der Waals surface area contributed by atoms with Gasteiger partial charge in [-0.1, -0.05) is 25.6 Å². The number of thioether (sulfide) groups is 1. The highest BCUT2D eigenvalue weighted by Gasteiger charge is 2.18. The molecule has 2 rings (SSSR count). The van der Waals surface area contributed by atoms with E-state index in [9.17, 15) is 4.79 Å². The van der Waals surface area contributed by atoms with E-state index in [1.54, 1.807) is 11.3 Å². The molecule has 0 radical (unpaired) electrons. The molecular formula is C12H13Br2N3O2S2. The molecule has 114 valence electrons. The van der Waals surface area contributed by atoms with E-state index in [-0.39, 0.29) is 5.75 Å². The molecule has 2 heterocycles. The molecule has 1 N–H and O–H groups in total. The van der Waals surface area contributed by atoms with Gasteiger partial charge in [-0.2, -0.15) is 0 Å². The van der Waals surface area contributed by atoms with E-state index in [4.69, 9.17) is 5.11 Å². The SMILES string of the molecule is CC(C)Cn1c(SCC(=O)O)nnc1-c1cc(Br)c(Br)s1. The van der Waals surface area contributed by atoms with Crippen molar-refractivity contribution in [3.63, 3.8) is 0 Å². The third kappa shape index (κ3) is 4.30. The Balaban J connectivity index is 2.38. The molecule has 0 atom stereocenters. The molecule has 0 amide bonds. The van der Waals surface area contributed by atoms with Gasteiger partial charge in [-0.15, -0.1) is 21.5 Å². The predicted octanol–water partition coefficient (Wildman–Crippen LogP) is 4.36. The Labute approximate surface area is 147 Å². The topological polar surface area (TPSA) is 68.0 Å². The number of hydrogen-bond acceptors (Lipinski definition) is 5. The van der Waals surface area contributed by atoms with Crippen LogP contribution in [-0.4, -0.2) is 31.6 Å². The summed E-state index contributed by atoms with van der Waals surface area (Å²) in [5.41, 5.74) is 0. The number of aromatic nitrogens is 3. The van der Waals surface area contributed by atoms with Gasteiger partial charge in [-0.25, -0.2) is 0 Å². The fraction of sp³-hybridized carbons (Fsp3) is 0.417. The zero-order valence-corrected chi connectivity index (χ0v) is 16.1. The summed E-state index contributed by atoms with van der Waals surface area (Å²) in [5.74, 6) is 0.305. The number of nitrogens with zero attached hydrogens (tertiary/aromatic N) is 3. The third-order valence-electron chi connectivity index (χ3n) is 2.45. The Kier molecular flexibility index (Phi) is 5.87. The molecule has 0 saturated heterocycles. The van der Waals surface area contributed by atoms with Crippen LogP contribution in [0.3, 0.4) is 0 Å². The fourth-order valence-electron chi connectivity index (χ4n) is 1.69. The lowest BCUT2D eigenvalue weighted by molar-refractivity contribution is -0.133. The molecule has 5 nitrogen and oxygen atoms in total. The average Bonchev–Trinajstić information content (AvgIpc) is 2.91. The zero-order valence-electron chi connectivity index (χ0n) is 11.3. The van der Waals surface area contributed by atoms with Gasteiger partial charge in [0.2, 0.25) is 0 Å². The monoisotopic (exact) mass is 453 g/mol. The summed E-state index contributed by atoms with van der Waals surface area (Å²) in [4.78, 5) is 11.7. The maximum atomic E-state index is 10.7. The van der Waals surface area contributed by atoms with Gasteiger partial charge in [0.1, 0.15) is 0 Å². The van der Waals surface area contributed by atoms with E-state index in [0.717, 1.165) is 25.5 Å². The van der Waals surface area contributed by atoms with E-state index in [1.165, 1.54) is 11.8 Å².